The number of hydrogen-bond acceptors (Lipinski definition) is 6. The number of halogens is 4. The zero-order valence-electron chi connectivity index (χ0n) is 21.3. The zero-order chi connectivity index (χ0) is 27.2. The maximum Gasteiger partial charge on any atom is 0.419 e. The molecule has 1 aliphatic heterocycles. The van der Waals surface area contributed by atoms with Crippen molar-refractivity contribution in [2.45, 2.75) is 65.0 Å². The smallest absolute Gasteiger partial charge is 0.349 e. The molecule has 198 valence electrons. The van der Waals surface area contributed by atoms with Crippen molar-refractivity contribution in [1.82, 2.24) is 24.0 Å². The maximum atomic E-state index is 13.8. The van der Waals surface area contributed by atoms with Gasteiger partial charge in [0.25, 0.3) is 0 Å². The molecule has 0 amide bonds. The van der Waals surface area contributed by atoms with Crippen LogP contribution in [0.1, 0.15) is 50.7 Å². The molecule has 8 nitrogen and oxygen atoms in total. The van der Waals surface area contributed by atoms with Crippen molar-refractivity contribution >= 4 is 17.0 Å². The van der Waals surface area contributed by atoms with Gasteiger partial charge in [0, 0.05) is 44.8 Å². The van der Waals surface area contributed by atoms with Gasteiger partial charge in [-0.2, -0.15) is 23.4 Å². The van der Waals surface area contributed by atoms with Crippen molar-refractivity contribution < 1.29 is 17.6 Å². The molecule has 12 heteroatoms. The fraction of sp³-hybridized carbons (Fsp3) is 0.520. The number of nitriles is 1. The monoisotopic (exact) mass is 519 g/mol. The summed E-state index contributed by atoms with van der Waals surface area (Å²) in [5.74, 6) is -0.316. The Balaban J connectivity index is 1.69. The summed E-state index contributed by atoms with van der Waals surface area (Å²) < 4.78 is 57.0. The lowest BCUT2D eigenvalue weighted by Gasteiger charge is -2.47. The van der Waals surface area contributed by atoms with Crippen molar-refractivity contribution in [3.05, 3.63) is 51.5 Å². The molecule has 37 heavy (non-hydrogen) atoms. The van der Waals surface area contributed by atoms with Gasteiger partial charge in [0.15, 0.2) is 5.82 Å². The Bertz CT molecular complexity index is 1420. The van der Waals surface area contributed by atoms with Crippen LogP contribution in [0.3, 0.4) is 0 Å². The summed E-state index contributed by atoms with van der Waals surface area (Å²) in [6.07, 6.45) is -4.69. The van der Waals surface area contributed by atoms with E-state index in [1.165, 1.54) is 10.6 Å². The first kappa shape index (κ1) is 26.6. The molecule has 0 aliphatic carbocycles. The van der Waals surface area contributed by atoms with E-state index in [0.29, 0.717) is 48.0 Å². The highest BCUT2D eigenvalue weighted by molar-refractivity contribution is 5.84. The van der Waals surface area contributed by atoms with E-state index in [1.807, 2.05) is 30.2 Å². The summed E-state index contributed by atoms with van der Waals surface area (Å²) in [5.41, 5.74) is -0.226. The van der Waals surface area contributed by atoms with E-state index in [1.54, 1.807) is 14.0 Å². The lowest BCUT2D eigenvalue weighted by Crippen LogP contribution is -2.57. The molecule has 1 aromatic carbocycles. The maximum absolute atomic E-state index is 13.8. The zero-order valence-corrected chi connectivity index (χ0v) is 21.3. The van der Waals surface area contributed by atoms with Crippen LogP contribution in [0.5, 0.6) is 0 Å². The number of anilines is 1. The van der Waals surface area contributed by atoms with E-state index in [0.717, 1.165) is 12.1 Å². The number of aromatic nitrogens is 4. The molecule has 0 N–H and O–H groups in total. The molecule has 1 fully saturated rings. The molecule has 0 saturated carbocycles. The van der Waals surface area contributed by atoms with Gasteiger partial charge in [-0.3, -0.25) is 9.47 Å². The van der Waals surface area contributed by atoms with Crippen molar-refractivity contribution in [3.8, 4) is 6.07 Å². The SMILES string of the molecule is CCn1c(CC#N)nc2c(N3C[C@@H](C)N(C(C)c4ccc(F)c(C(F)(F)F)c4)C[C@@H]3C)nc(=O)n(C)c21. The normalized spacial score (nSPS) is 19.8. The van der Waals surface area contributed by atoms with Gasteiger partial charge in [0.05, 0.1) is 18.1 Å². The predicted octanol–water partition coefficient (Wildman–Crippen LogP) is 4.03. The highest BCUT2D eigenvalue weighted by Gasteiger charge is 2.37. The van der Waals surface area contributed by atoms with E-state index >= 15 is 0 Å². The average molecular weight is 520 g/mol. The van der Waals surface area contributed by atoms with E-state index in [9.17, 15) is 27.6 Å². The Morgan fingerprint density at radius 3 is 2.51 bits per heavy atom. The van der Waals surface area contributed by atoms with Gasteiger partial charge in [-0.25, -0.2) is 14.2 Å². The van der Waals surface area contributed by atoms with Crippen LogP contribution in [-0.2, 0) is 26.2 Å². The third-order valence-corrected chi connectivity index (χ3v) is 7.17. The van der Waals surface area contributed by atoms with Gasteiger partial charge < -0.3 is 9.47 Å². The molecule has 0 spiro atoms. The Morgan fingerprint density at radius 1 is 1.19 bits per heavy atom. The summed E-state index contributed by atoms with van der Waals surface area (Å²) in [5, 5.41) is 9.25. The lowest BCUT2D eigenvalue weighted by atomic mass is 9.99. The van der Waals surface area contributed by atoms with Crippen LogP contribution in [0.15, 0.2) is 23.0 Å². The molecular formula is C25H29F4N7O. The topological polar surface area (TPSA) is 83.0 Å². The van der Waals surface area contributed by atoms with Crippen molar-refractivity contribution in [1.29, 1.82) is 5.26 Å². The summed E-state index contributed by atoms with van der Waals surface area (Å²) in [6, 6.07) is 4.56. The van der Waals surface area contributed by atoms with E-state index in [-0.39, 0.29) is 18.5 Å². The number of fused-ring (bicyclic) bond motifs is 1. The van der Waals surface area contributed by atoms with Gasteiger partial charge >= 0.3 is 11.9 Å². The number of nitrogens with zero attached hydrogens (tertiary/aromatic N) is 7. The van der Waals surface area contributed by atoms with Crippen molar-refractivity contribution in [2.24, 2.45) is 7.05 Å². The third kappa shape index (κ3) is 4.68. The molecular weight excluding hydrogens is 490 g/mol. The number of hydrogen-bond donors (Lipinski definition) is 0. The first-order chi connectivity index (χ1) is 17.4. The largest absolute Gasteiger partial charge is 0.419 e. The van der Waals surface area contributed by atoms with Crippen LogP contribution in [-0.4, -0.2) is 49.2 Å². The van der Waals surface area contributed by atoms with Crippen LogP contribution in [0, 0.1) is 17.1 Å². The number of aryl methyl sites for hydroxylation is 2. The average Bonchev–Trinajstić information content (AvgIpc) is 3.20. The molecule has 0 radical (unpaired) electrons. The number of rotatable bonds is 5. The predicted molar refractivity (Wildman–Crippen MR) is 131 cm³/mol. The molecule has 3 atom stereocenters. The van der Waals surface area contributed by atoms with Crippen LogP contribution in [0.2, 0.25) is 0 Å². The Morgan fingerprint density at radius 2 is 1.89 bits per heavy atom. The fourth-order valence-corrected chi connectivity index (χ4v) is 5.23. The molecule has 0 bridgehead atoms. The van der Waals surface area contributed by atoms with Gasteiger partial charge in [0.2, 0.25) is 0 Å². The summed E-state index contributed by atoms with van der Waals surface area (Å²) in [4.78, 5) is 25.9. The second-order valence-electron chi connectivity index (χ2n) is 9.52. The highest BCUT2D eigenvalue weighted by Crippen LogP contribution is 2.36. The molecule has 2 aromatic heterocycles. The number of imidazole rings is 1. The minimum Gasteiger partial charge on any atom is -0.349 e. The second-order valence-corrected chi connectivity index (χ2v) is 9.52. The fourth-order valence-electron chi connectivity index (χ4n) is 5.23. The minimum absolute atomic E-state index is 0.0883. The first-order valence-corrected chi connectivity index (χ1v) is 12.1. The van der Waals surface area contributed by atoms with Gasteiger partial charge in [-0.05, 0) is 45.4 Å². The Hall–Kier alpha value is -3.46. The molecule has 1 aliphatic rings. The van der Waals surface area contributed by atoms with E-state index < -0.39 is 29.3 Å². The number of piperazine rings is 1. The molecule has 1 unspecified atom stereocenters. The van der Waals surface area contributed by atoms with Gasteiger partial charge in [-0.15, -0.1) is 0 Å². The van der Waals surface area contributed by atoms with Crippen LogP contribution in [0.4, 0.5) is 23.4 Å². The molecule has 3 heterocycles. The van der Waals surface area contributed by atoms with Crippen LogP contribution in [0.25, 0.3) is 11.2 Å². The Labute approximate surface area is 211 Å². The molecule has 1 saturated heterocycles. The summed E-state index contributed by atoms with van der Waals surface area (Å²) in [7, 11) is 1.62. The van der Waals surface area contributed by atoms with Gasteiger partial charge in [-0.1, -0.05) is 6.07 Å². The highest BCUT2D eigenvalue weighted by atomic mass is 19.4. The van der Waals surface area contributed by atoms with Crippen LogP contribution < -0.4 is 10.6 Å². The Kier molecular flexibility index (Phi) is 7.03. The number of benzene rings is 1. The standard InChI is InChI=1S/C25H29F4N7O/c1-6-34-20(9-10-30)31-21-22(32-24(37)33(5)23(21)34)36-13-14(2)35(12-15(36)3)16(4)17-7-8-19(26)18(11-17)25(27,28)29/h7-8,11,14-16H,6,9,12-13H2,1-5H3/t14-,15+,16?/m1/s1. The number of alkyl halides is 3. The minimum atomic E-state index is -4.78. The molecule has 4 rings (SSSR count). The first-order valence-electron chi connectivity index (χ1n) is 12.1. The quantitative estimate of drug-likeness (QED) is 0.474. The third-order valence-electron chi connectivity index (χ3n) is 7.17. The second kappa shape index (κ2) is 9.78. The molecule has 3 aromatic rings. The van der Waals surface area contributed by atoms with Crippen molar-refractivity contribution in [2.75, 3.05) is 18.0 Å². The van der Waals surface area contributed by atoms with E-state index in [2.05, 4.69) is 20.9 Å². The summed E-state index contributed by atoms with van der Waals surface area (Å²) >= 11 is 0. The van der Waals surface area contributed by atoms with Gasteiger partial charge in [0.1, 0.15) is 22.8 Å². The van der Waals surface area contributed by atoms with Crippen molar-refractivity contribution in [3.63, 3.8) is 0 Å². The van der Waals surface area contributed by atoms with E-state index in [4.69, 9.17) is 0 Å². The summed E-state index contributed by atoms with van der Waals surface area (Å²) in [6.45, 7) is 9.07. The lowest BCUT2D eigenvalue weighted by molar-refractivity contribution is -0.140. The van der Waals surface area contributed by atoms with Crippen LogP contribution >= 0.6 is 0 Å².